The minimum absolute atomic E-state index is 0.298. The van der Waals surface area contributed by atoms with Crippen LogP contribution in [0.5, 0.6) is 0 Å². The van der Waals surface area contributed by atoms with Crippen LogP contribution in [0.2, 0.25) is 0 Å². The molecule has 0 aromatic rings. The summed E-state index contributed by atoms with van der Waals surface area (Å²) in [5.74, 6) is 0.657. The lowest BCUT2D eigenvalue weighted by atomic mass is 9.74. The molecule has 2 rings (SSSR count). The normalized spacial score (nSPS) is 36.0. The SMILES string of the molecule is CC1COCC1N(C)C1(CN)CCC1. The molecule has 0 aromatic heterocycles. The van der Waals surface area contributed by atoms with E-state index in [0.29, 0.717) is 17.5 Å². The van der Waals surface area contributed by atoms with Crippen molar-refractivity contribution >= 4 is 0 Å². The molecule has 3 heteroatoms. The van der Waals surface area contributed by atoms with Crippen LogP contribution in [0.4, 0.5) is 0 Å². The Hall–Kier alpha value is -0.120. The Kier molecular flexibility index (Phi) is 2.82. The highest BCUT2D eigenvalue weighted by Gasteiger charge is 2.44. The molecule has 0 spiro atoms. The van der Waals surface area contributed by atoms with E-state index in [0.717, 1.165) is 19.8 Å². The van der Waals surface area contributed by atoms with Crippen molar-refractivity contribution < 1.29 is 4.74 Å². The number of likely N-dealkylation sites (N-methyl/N-ethyl adjacent to an activating group) is 1. The topological polar surface area (TPSA) is 38.5 Å². The van der Waals surface area contributed by atoms with Crippen molar-refractivity contribution in [1.82, 2.24) is 4.90 Å². The van der Waals surface area contributed by atoms with Gasteiger partial charge in [-0.05, 0) is 32.2 Å². The van der Waals surface area contributed by atoms with Gasteiger partial charge in [0.05, 0.1) is 13.2 Å². The molecule has 3 nitrogen and oxygen atoms in total. The molecule has 2 N–H and O–H groups in total. The molecule has 2 atom stereocenters. The summed E-state index contributed by atoms with van der Waals surface area (Å²) in [6.45, 7) is 4.87. The zero-order valence-electron chi connectivity index (χ0n) is 9.33. The minimum atomic E-state index is 0.298. The summed E-state index contributed by atoms with van der Waals surface area (Å²) in [5.41, 5.74) is 6.20. The second-order valence-corrected chi connectivity index (χ2v) is 4.98. The molecule has 1 heterocycles. The number of nitrogens with two attached hydrogens (primary N) is 1. The number of rotatable bonds is 3. The average Bonchev–Trinajstić information content (AvgIpc) is 2.50. The molecule has 1 aliphatic carbocycles. The summed E-state index contributed by atoms with van der Waals surface area (Å²) in [4.78, 5) is 2.49. The Balaban J connectivity index is 2.02. The van der Waals surface area contributed by atoms with Gasteiger partial charge in [0.15, 0.2) is 0 Å². The highest BCUT2D eigenvalue weighted by molar-refractivity contribution is 5.01. The molecule has 0 bridgehead atoms. The van der Waals surface area contributed by atoms with E-state index >= 15 is 0 Å². The van der Waals surface area contributed by atoms with Gasteiger partial charge in [-0.15, -0.1) is 0 Å². The Bertz CT molecular complexity index is 198. The summed E-state index contributed by atoms with van der Waals surface area (Å²) in [7, 11) is 2.22. The van der Waals surface area contributed by atoms with Crippen LogP contribution in [0.1, 0.15) is 26.2 Å². The van der Waals surface area contributed by atoms with Crippen molar-refractivity contribution in [3.05, 3.63) is 0 Å². The van der Waals surface area contributed by atoms with Crippen molar-refractivity contribution in [1.29, 1.82) is 0 Å². The van der Waals surface area contributed by atoms with Crippen LogP contribution in [0, 0.1) is 5.92 Å². The fourth-order valence-electron chi connectivity index (χ4n) is 2.78. The third-order valence-corrected chi connectivity index (χ3v) is 4.24. The highest BCUT2D eigenvalue weighted by Crippen LogP contribution is 2.39. The largest absolute Gasteiger partial charge is 0.379 e. The molecule has 2 aliphatic rings. The second kappa shape index (κ2) is 3.80. The monoisotopic (exact) mass is 198 g/mol. The molecule has 1 saturated heterocycles. The maximum absolute atomic E-state index is 5.90. The predicted molar refractivity (Wildman–Crippen MR) is 57.2 cm³/mol. The Morgan fingerprint density at radius 2 is 2.14 bits per heavy atom. The maximum Gasteiger partial charge on any atom is 0.0625 e. The number of ether oxygens (including phenoxy) is 1. The van der Waals surface area contributed by atoms with Crippen LogP contribution in [0.15, 0.2) is 0 Å². The lowest BCUT2D eigenvalue weighted by molar-refractivity contribution is 0.000182. The van der Waals surface area contributed by atoms with Crippen molar-refractivity contribution in [2.45, 2.75) is 37.8 Å². The summed E-state index contributed by atoms with van der Waals surface area (Å²) >= 11 is 0. The molecule has 0 aromatic carbocycles. The van der Waals surface area contributed by atoms with Gasteiger partial charge in [-0.1, -0.05) is 6.92 Å². The van der Waals surface area contributed by atoms with E-state index in [-0.39, 0.29) is 0 Å². The summed E-state index contributed by atoms with van der Waals surface area (Å²) < 4.78 is 5.52. The summed E-state index contributed by atoms with van der Waals surface area (Å²) in [6, 6.07) is 0.582. The first kappa shape index (κ1) is 10.4. The van der Waals surface area contributed by atoms with E-state index in [1.165, 1.54) is 19.3 Å². The third kappa shape index (κ3) is 1.47. The number of nitrogens with zero attached hydrogens (tertiary/aromatic N) is 1. The van der Waals surface area contributed by atoms with Crippen LogP contribution in [0.3, 0.4) is 0 Å². The van der Waals surface area contributed by atoms with Crippen LogP contribution >= 0.6 is 0 Å². The van der Waals surface area contributed by atoms with Gasteiger partial charge in [-0.25, -0.2) is 0 Å². The number of hydrogen-bond acceptors (Lipinski definition) is 3. The minimum Gasteiger partial charge on any atom is -0.379 e. The van der Waals surface area contributed by atoms with E-state index in [1.807, 2.05) is 0 Å². The van der Waals surface area contributed by atoms with Crippen LogP contribution in [0.25, 0.3) is 0 Å². The van der Waals surface area contributed by atoms with Gasteiger partial charge in [-0.3, -0.25) is 4.90 Å². The smallest absolute Gasteiger partial charge is 0.0625 e. The van der Waals surface area contributed by atoms with Crippen LogP contribution in [-0.2, 0) is 4.74 Å². The molecule has 1 saturated carbocycles. The zero-order chi connectivity index (χ0) is 10.2. The Morgan fingerprint density at radius 1 is 1.43 bits per heavy atom. The molecule has 0 radical (unpaired) electrons. The van der Waals surface area contributed by atoms with Crippen molar-refractivity contribution in [3.63, 3.8) is 0 Å². The van der Waals surface area contributed by atoms with E-state index in [1.54, 1.807) is 0 Å². The molecule has 82 valence electrons. The Labute approximate surface area is 86.6 Å². The third-order valence-electron chi connectivity index (χ3n) is 4.24. The van der Waals surface area contributed by atoms with Crippen molar-refractivity contribution in [3.8, 4) is 0 Å². The van der Waals surface area contributed by atoms with Crippen LogP contribution in [-0.4, -0.2) is 43.3 Å². The molecule has 2 fully saturated rings. The van der Waals surface area contributed by atoms with Gasteiger partial charge < -0.3 is 10.5 Å². The molecule has 14 heavy (non-hydrogen) atoms. The van der Waals surface area contributed by atoms with E-state index in [4.69, 9.17) is 10.5 Å². The highest BCUT2D eigenvalue weighted by atomic mass is 16.5. The average molecular weight is 198 g/mol. The fraction of sp³-hybridized carbons (Fsp3) is 1.00. The second-order valence-electron chi connectivity index (χ2n) is 4.98. The van der Waals surface area contributed by atoms with Crippen molar-refractivity contribution in [2.24, 2.45) is 11.7 Å². The first-order valence-electron chi connectivity index (χ1n) is 5.70. The number of hydrogen-bond donors (Lipinski definition) is 1. The van der Waals surface area contributed by atoms with Gasteiger partial charge in [0.1, 0.15) is 0 Å². The lowest BCUT2D eigenvalue weighted by Gasteiger charge is -2.51. The summed E-state index contributed by atoms with van der Waals surface area (Å²) in [5, 5.41) is 0. The van der Waals surface area contributed by atoms with Gasteiger partial charge in [-0.2, -0.15) is 0 Å². The predicted octanol–water partition coefficient (Wildman–Crippen LogP) is 0.834. The van der Waals surface area contributed by atoms with E-state index in [2.05, 4.69) is 18.9 Å². The molecular formula is C11H22N2O. The Morgan fingerprint density at radius 3 is 2.50 bits per heavy atom. The van der Waals surface area contributed by atoms with Crippen molar-refractivity contribution in [2.75, 3.05) is 26.8 Å². The zero-order valence-corrected chi connectivity index (χ0v) is 9.33. The van der Waals surface area contributed by atoms with Gasteiger partial charge in [0.2, 0.25) is 0 Å². The standard InChI is InChI=1S/C11H22N2O/c1-9-6-14-7-10(9)13(2)11(8-12)4-3-5-11/h9-10H,3-8,12H2,1-2H3. The molecular weight excluding hydrogens is 176 g/mol. The molecule has 1 aliphatic heterocycles. The van der Waals surface area contributed by atoms with E-state index < -0.39 is 0 Å². The molecule has 2 unspecified atom stereocenters. The summed E-state index contributed by atoms with van der Waals surface area (Å²) in [6.07, 6.45) is 3.87. The van der Waals surface area contributed by atoms with Crippen LogP contribution < -0.4 is 5.73 Å². The quantitative estimate of drug-likeness (QED) is 0.730. The van der Waals surface area contributed by atoms with E-state index in [9.17, 15) is 0 Å². The first-order valence-corrected chi connectivity index (χ1v) is 5.70. The molecule has 0 amide bonds. The van der Waals surface area contributed by atoms with Gasteiger partial charge in [0, 0.05) is 18.1 Å². The van der Waals surface area contributed by atoms with Gasteiger partial charge in [0.25, 0.3) is 0 Å². The fourth-order valence-corrected chi connectivity index (χ4v) is 2.78. The maximum atomic E-state index is 5.90. The van der Waals surface area contributed by atoms with Gasteiger partial charge >= 0.3 is 0 Å². The first-order chi connectivity index (χ1) is 6.69. The lowest BCUT2D eigenvalue weighted by Crippen LogP contribution is -2.61.